The van der Waals surface area contributed by atoms with Gasteiger partial charge in [-0.15, -0.1) is 27.7 Å². The molecule has 0 nitrogen and oxygen atoms in total. The molecule has 5 unspecified atom stereocenters. The lowest BCUT2D eigenvalue weighted by atomic mass is 10.4. The summed E-state index contributed by atoms with van der Waals surface area (Å²) < 4.78 is 0. The molecule has 0 heterocycles. The zero-order chi connectivity index (χ0) is 5.86. The Morgan fingerprint density at radius 1 is 1.43 bits per heavy atom. The standard InChI is InChI=1S/C4H13P3/c1-3(6)4(7)2-5/h3-4H,2,5-7H2,1H3. The maximum Gasteiger partial charge on any atom is -0.0169 e. The van der Waals surface area contributed by atoms with Crippen LogP contribution in [0.15, 0.2) is 0 Å². The van der Waals surface area contributed by atoms with Crippen molar-refractivity contribution in [1.82, 2.24) is 0 Å². The summed E-state index contributed by atoms with van der Waals surface area (Å²) in [5.74, 6) is 0. The quantitative estimate of drug-likeness (QED) is 0.527. The number of hydrogen-bond donors (Lipinski definition) is 0. The van der Waals surface area contributed by atoms with Gasteiger partial charge in [0.25, 0.3) is 0 Å². The molecule has 3 heteroatoms. The van der Waals surface area contributed by atoms with Gasteiger partial charge in [-0.2, -0.15) is 0 Å². The Bertz CT molecular complexity index is 44.2. The Morgan fingerprint density at radius 3 is 1.86 bits per heavy atom. The molecular formula is C4H13P3. The zero-order valence-electron chi connectivity index (χ0n) is 4.59. The molecule has 44 valence electrons. The molecule has 5 atom stereocenters. The van der Waals surface area contributed by atoms with Crippen molar-refractivity contribution in [3.63, 3.8) is 0 Å². The number of hydrogen-bond acceptors (Lipinski definition) is 0. The maximum atomic E-state index is 2.81. The summed E-state index contributed by atoms with van der Waals surface area (Å²) in [6.45, 7) is 2.20. The molecule has 0 radical (unpaired) electrons. The van der Waals surface area contributed by atoms with Crippen LogP contribution in [-0.2, 0) is 0 Å². The van der Waals surface area contributed by atoms with Crippen molar-refractivity contribution in [2.75, 3.05) is 6.16 Å². The van der Waals surface area contributed by atoms with Crippen molar-refractivity contribution < 1.29 is 0 Å². The largest absolute Gasteiger partial charge is 0.137 e. The van der Waals surface area contributed by atoms with Crippen LogP contribution in [0.3, 0.4) is 0 Å². The molecule has 0 saturated heterocycles. The van der Waals surface area contributed by atoms with E-state index in [0.717, 1.165) is 11.3 Å². The highest BCUT2D eigenvalue weighted by Crippen LogP contribution is 2.15. The Labute approximate surface area is 52.8 Å². The van der Waals surface area contributed by atoms with E-state index in [1.807, 2.05) is 0 Å². The van der Waals surface area contributed by atoms with Gasteiger partial charge in [0.2, 0.25) is 0 Å². The first kappa shape index (κ1) is 8.29. The molecule has 0 N–H and O–H groups in total. The van der Waals surface area contributed by atoms with Crippen LogP contribution >= 0.6 is 27.7 Å². The molecule has 0 aromatic rings. The van der Waals surface area contributed by atoms with Crippen LogP contribution in [-0.4, -0.2) is 17.5 Å². The molecule has 0 aliphatic heterocycles. The SMILES string of the molecule is CC(P)C(P)CP. The summed E-state index contributed by atoms with van der Waals surface area (Å²) in [5, 5.41) is 0. The van der Waals surface area contributed by atoms with Gasteiger partial charge >= 0.3 is 0 Å². The summed E-state index contributed by atoms with van der Waals surface area (Å²) in [4.78, 5) is 0. The minimum Gasteiger partial charge on any atom is -0.137 e. The summed E-state index contributed by atoms with van der Waals surface area (Å²) in [6, 6.07) is 0. The Balaban J connectivity index is 3.14. The van der Waals surface area contributed by atoms with E-state index >= 15 is 0 Å². The summed E-state index contributed by atoms with van der Waals surface area (Å²) >= 11 is 0. The first-order valence-corrected chi connectivity index (χ1v) is 4.54. The van der Waals surface area contributed by atoms with E-state index in [4.69, 9.17) is 0 Å². The van der Waals surface area contributed by atoms with Crippen LogP contribution in [0.25, 0.3) is 0 Å². The fourth-order valence-electron chi connectivity index (χ4n) is 0.215. The highest BCUT2D eigenvalue weighted by molar-refractivity contribution is 7.25. The summed E-state index contributed by atoms with van der Waals surface area (Å²) in [6.07, 6.45) is 1.18. The lowest BCUT2D eigenvalue weighted by Gasteiger charge is -2.10. The van der Waals surface area contributed by atoms with Crippen molar-refractivity contribution >= 4 is 27.7 Å². The molecule has 0 spiro atoms. The van der Waals surface area contributed by atoms with E-state index < -0.39 is 0 Å². The summed E-state index contributed by atoms with van der Waals surface area (Å²) in [7, 11) is 8.32. The highest BCUT2D eigenvalue weighted by Gasteiger charge is 2.01. The first-order chi connectivity index (χ1) is 3.18. The molecule has 0 aromatic carbocycles. The van der Waals surface area contributed by atoms with Crippen molar-refractivity contribution in [1.29, 1.82) is 0 Å². The Morgan fingerprint density at radius 2 is 1.86 bits per heavy atom. The minimum atomic E-state index is 0.725. The monoisotopic (exact) mass is 154 g/mol. The molecule has 0 aromatic heterocycles. The van der Waals surface area contributed by atoms with E-state index in [1.54, 1.807) is 0 Å². The predicted molar refractivity (Wildman–Crippen MR) is 47.2 cm³/mol. The second kappa shape index (κ2) is 4.20. The number of rotatable bonds is 2. The Hall–Kier alpha value is 1.29. The van der Waals surface area contributed by atoms with Gasteiger partial charge in [0.1, 0.15) is 0 Å². The molecule has 0 rings (SSSR count). The van der Waals surface area contributed by atoms with Crippen LogP contribution in [0.4, 0.5) is 0 Å². The third-order valence-corrected chi connectivity index (χ3v) is 3.85. The van der Waals surface area contributed by atoms with Crippen LogP contribution in [0.1, 0.15) is 6.92 Å². The molecular weight excluding hydrogens is 141 g/mol. The maximum absolute atomic E-state index is 2.81. The third-order valence-electron chi connectivity index (χ3n) is 0.948. The predicted octanol–water partition coefficient (Wildman–Crippen LogP) is 1.37. The second-order valence-corrected chi connectivity index (χ2v) is 4.14. The fraction of sp³-hybridized carbons (Fsp3) is 1.00. The van der Waals surface area contributed by atoms with E-state index in [0.29, 0.717) is 0 Å². The normalized spacial score (nSPS) is 18.9. The fourth-order valence-corrected chi connectivity index (χ4v) is 1.12. The molecule has 0 bridgehead atoms. The lowest BCUT2D eigenvalue weighted by Crippen LogP contribution is -2.09. The zero-order valence-corrected chi connectivity index (χ0v) is 8.06. The van der Waals surface area contributed by atoms with E-state index in [1.165, 1.54) is 6.16 Å². The summed E-state index contributed by atoms with van der Waals surface area (Å²) in [5.41, 5.74) is 1.47. The van der Waals surface area contributed by atoms with Gasteiger partial charge in [-0.25, -0.2) is 0 Å². The van der Waals surface area contributed by atoms with Gasteiger partial charge in [0, 0.05) is 0 Å². The van der Waals surface area contributed by atoms with Crippen molar-refractivity contribution in [3.05, 3.63) is 0 Å². The van der Waals surface area contributed by atoms with E-state index in [9.17, 15) is 0 Å². The Kier molecular flexibility index (Phi) is 4.97. The highest BCUT2D eigenvalue weighted by atomic mass is 31.0. The van der Waals surface area contributed by atoms with Gasteiger partial charge in [-0.3, -0.25) is 0 Å². The average molecular weight is 154 g/mol. The van der Waals surface area contributed by atoms with Crippen LogP contribution in [0.5, 0.6) is 0 Å². The third kappa shape index (κ3) is 3.84. The van der Waals surface area contributed by atoms with Gasteiger partial charge in [-0.1, -0.05) is 6.92 Å². The topological polar surface area (TPSA) is 0 Å². The molecule has 0 aliphatic carbocycles. The van der Waals surface area contributed by atoms with E-state index in [-0.39, 0.29) is 0 Å². The van der Waals surface area contributed by atoms with Gasteiger partial charge in [0.05, 0.1) is 0 Å². The molecule has 0 saturated carbocycles. The van der Waals surface area contributed by atoms with Gasteiger partial charge in [-0.05, 0) is 17.5 Å². The lowest BCUT2D eigenvalue weighted by molar-refractivity contribution is 0.941. The van der Waals surface area contributed by atoms with Crippen molar-refractivity contribution in [3.8, 4) is 0 Å². The molecule has 0 fully saturated rings. The second-order valence-electron chi connectivity index (χ2n) is 1.76. The van der Waals surface area contributed by atoms with Crippen molar-refractivity contribution in [2.45, 2.75) is 18.2 Å². The van der Waals surface area contributed by atoms with Gasteiger partial charge < -0.3 is 0 Å². The van der Waals surface area contributed by atoms with Crippen molar-refractivity contribution in [2.24, 2.45) is 0 Å². The molecule has 7 heavy (non-hydrogen) atoms. The average Bonchev–Trinajstić information content (AvgIpc) is 1.65. The van der Waals surface area contributed by atoms with Crippen LogP contribution < -0.4 is 0 Å². The van der Waals surface area contributed by atoms with E-state index in [2.05, 4.69) is 34.6 Å². The first-order valence-electron chi connectivity index (χ1n) is 2.39. The minimum absolute atomic E-state index is 0.725. The van der Waals surface area contributed by atoms with Crippen LogP contribution in [0, 0.1) is 0 Å². The molecule has 0 aliphatic rings. The molecule has 0 amide bonds. The van der Waals surface area contributed by atoms with Gasteiger partial charge in [0.15, 0.2) is 0 Å². The smallest absolute Gasteiger partial charge is 0.0169 e. The van der Waals surface area contributed by atoms with Crippen LogP contribution in [0.2, 0.25) is 0 Å².